The Morgan fingerprint density at radius 2 is 2.00 bits per heavy atom. The number of hydrogen-bond donors (Lipinski definition) is 0. The second kappa shape index (κ2) is 8.70. The van der Waals surface area contributed by atoms with E-state index in [-0.39, 0.29) is 24.0 Å². The first-order valence-electron chi connectivity index (χ1n) is 8.66. The summed E-state index contributed by atoms with van der Waals surface area (Å²) in [6.45, 7) is 3.31. The van der Waals surface area contributed by atoms with E-state index in [1.807, 2.05) is 19.1 Å². The molecular formula is C20H19N3O5S. The van der Waals surface area contributed by atoms with Crippen molar-refractivity contribution in [3.8, 4) is 11.5 Å². The molecule has 0 radical (unpaired) electrons. The van der Waals surface area contributed by atoms with Crippen LogP contribution in [0.15, 0.2) is 47.8 Å². The minimum atomic E-state index is -0.486. The van der Waals surface area contributed by atoms with Crippen LogP contribution in [0.4, 0.5) is 16.5 Å². The molecule has 8 nitrogen and oxygen atoms in total. The summed E-state index contributed by atoms with van der Waals surface area (Å²) in [7, 11) is 1.53. The van der Waals surface area contributed by atoms with Crippen LogP contribution in [0.2, 0.25) is 0 Å². The van der Waals surface area contributed by atoms with E-state index in [0.717, 1.165) is 5.56 Å². The molecule has 0 atom stereocenters. The SMILES string of the molecule is COc1ccccc1N(C(C)=O)c1nc(COc2cc(C)ccc2[N+](=O)[O-])cs1. The topological polar surface area (TPSA) is 94.8 Å². The van der Waals surface area contributed by atoms with Gasteiger partial charge in [0.2, 0.25) is 5.91 Å². The highest BCUT2D eigenvalue weighted by molar-refractivity contribution is 7.14. The van der Waals surface area contributed by atoms with Gasteiger partial charge in [-0.15, -0.1) is 11.3 Å². The van der Waals surface area contributed by atoms with Crippen LogP contribution < -0.4 is 14.4 Å². The van der Waals surface area contributed by atoms with Gasteiger partial charge in [0.05, 0.1) is 23.4 Å². The first kappa shape index (κ1) is 20.3. The zero-order valence-corrected chi connectivity index (χ0v) is 16.9. The molecule has 0 bridgehead atoms. The predicted octanol–water partition coefficient (Wildman–Crippen LogP) is 4.63. The van der Waals surface area contributed by atoms with Crippen molar-refractivity contribution in [3.63, 3.8) is 0 Å². The molecule has 0 aliphatic heterocycles. The number of nitro benzene ring substituents is 1. The maximum atomic E-state index is 12.3. The first-order chi connectivity index (χ1) is 13.9. The number of anilines is 2. The molecule has 1 aromatic heterocycles. The number of nitro groups is 1. The third-order valence-electron chi connectivity index (χ3n) is 4.06. The van der Waals surface area contributed by atoms with E-state index >= 15 is 0 Å². The van der Waals surface area contributed by atoms with Crippen LogP contribution in [-0.2, 0) is 11.4 Å². The van der Waals surface area contributed by atoms with Gasteiger partial charge >= 0.3 is 5.69 Å². The quantitative estimate of drug-likeness (QED) is 0.414. The third-order valence-corrected chi connectivity index (χ3v) is 4.93. The first-order valence-corrected chi connectivity index (χ1v) is 9.54. The fourth-order valence-electron chi connectivity index (χ4n) is 2.73. The van der Waals surface area contributed by atoms with Crippen LogP contribution in [-0.4, -0.2) is 22.9 Å². The third kappa shape index (κ3) is 4.52. The zero-order valence-electron chi connectivity index (χ0n) is 16.1. The number of aromatic nitrogens is 1. The number of carbonyl (C=O) groups excluding carboxylic acids is 1. The van der Waals surface area contributed by atoms with Crippen LogP contribution in [0.5, 0.6) is 11.5 Å². The smallest absolute Gasteiger partial charge is 0.310 e. The van der Waals surface area contributed by atoms with Crippen molar-refractivity contribution >= 4 is 33.8 Å². The van der Waals surface area contributed by atoms with E-state index in [9.17, 15) is 14.9 Å². The van der Waals surface area contributed by atoms with Gasteiger partial charge in [-0.05, 0) is 30.7 Å². The van der Waals surface area contributed by atoms with Gasteiger partial charge in [0, 0.05) is 18.4 Å². The Balaban J connectivity index is 1.84. The van der Waals surface area contributed by atoms with Crippen LogP contribution >= 0.6 is 11.3 Å². The summed E-state index contributed by atoms with van der Waals surface area (Å²) in [6.07, 6.45) is 0. The van der Waals surface area contributed by atoms with Crippen molar-refractivity contribution in [2.45, 2.75) is 20.5 Å². The number of nitrogens with zero attached hydrogens (tertiary/aromatic N) is 3. The van der Waals surface area contributed by atoms with Gasteiger partial charge in [0.25, 0.3) is 0 Å². The summed E-state index contributed by atoms with van der Waals surface area (Å²) in [4.78, 5) is 28.9. The fraction of sp³-hybridized carbons (Fsp3) is 0.200. The molecule has 0 aliphatic rings. The van der Waals surface area contributed by atoms with E-state index in [0.29, 0.717) is 22.3 Å². The lowest BCUT2D eigenvalue weighted by Gasteiger charge is -2.20. The van der Waals surface area contributed by atoms with Crippen molar-refractivity contribution in [1.82, 2.24) is 4.98 Å². The molecule has 0 saturated heterocycles. The highest BCUT2D eigenvalue weighted by atomic mass is 32.1. The summed E-state index contributed by atoms with van der Waals surface area (Å²) in [6, 6.07) is 11.8. The maximum Gasteiger partial charge on any atom is 0.310 e. The molecule has 9 heteroatoms. The van der Waals surface area contributed by atoms with Gasteiger partial charge in [-0.3, -0.25) is 19.8 Å². The molecular weight excluding hydrogens is 394 g/mol. The molecule has 3 aromatic rings. The molecule has 0 saturated carbocycles. The van der Waals surface area contributed by atoms with Gasteiger partial charge in [-0.1, -0.05) is 18.2 Å². The van der Waals surface area contributed by atoms with E-state index in [4.69, 9.17) is 9.47 Å². The second-order valence-electron chi connectivity index (χ2n) is 6.16. The average Bonchev–Trinajstić information content (AvgIpc) is 3.15. The van der Waals surface area contributed by atoms with E-state index in [1.54, 1.807) is 29.6 Å². The van der Waals surface area contributed by atoms with Gasteiger partial charge in [0.1, 0.15) is 12.4 Å². The number of thiazole rings is 1. The summed E-state index contributed by atoms with van der Waals surface area (Å²) < 4.78 is 11.0. The number of rotatable bonds is 7. The van der Waals surface area contributed by atoms with Crippen molar-refractivity contribution < 1.29 is 19.2 Å². The number of amides is 1. The highest BCUT2D eigenvalue weighted by Gasteiger charge is 2.22. The van der Waals surface area contributed by atoms with Crippen LogP contribution in [0.3, 0.4) is 0 Å². The standard InChI is InChI=1S/C20H19N3O5S/c1-13-8-9-17(23(25)26)19(10-13)28-11-15-12-29-20(21-15)22(14(2)24)16-6-4-5-7-18(16)27-3/h4-10,12H,11H2,1-3H3. The van der Waals surface area contributed by atoms with Crippen molar-refractivity contribution in [3.05, 3.63) is 69.2 Å². The predicted molar refractivity (Wildman–Crippen MR) is 110 cm³/mol. The van der Waals surface area contributed by atoms with Crippen molar-refractivity contribution in [2.24, 2.45) is 0 Å². The normalized spacial score (nSPS) is 10.4. The minimum absolute atomic E-state index is 0.0401. The maximum absolute atomic E-state index is 12.3. The molecule has 3 rings (SSSR count). The Morgan fingerprint density at radius 1 is 1.24 bits per heavy atom. The monoisotopic (exact) mass is 413 g/mol. The van der Waals surface area contributed by atoms with Gasteiger partial charge < -0.3 is 9.47 Å². The Labute approximate surface area is 171 Å². The van der Waals surface area contributed by atoms with Gasteiger partial charge in [-0.2, -0.15) is 0 Å². The average molecular weight is 413 g/mol. The molecule has 0 unspecified atom stereocenters. The Kier molecular flexibility index (Phi) is 6.08. The molecule has 0 fully saturated rings. The number of hydrogen-bond acceptors (Lipinski definition) is 7. The molecule has 0 spiro atoms. The van der Waals surface area contributed by atoms with Crippen molar-refractivity contribution in [2.75, 3.05) is 12.0 Å². The summed E-state index contributed by atoms with van der Waals surface area (Å²) >= 11 is 1.27. The molecule has 150 valence electrons. The molecule has 0 N–H and O–H groups in total. The summed E-state index contributed by atoms with van der Waals surface area (Å²) in [5, 5.41) is 13.4. The highest BCUT2D eigenvalue weighted by Crippen LogP contribution is 2.36. The Hall–Kier alpha value is -3.46. The molecule has 2 aromatic carbocycles. The zero-order chi connectivity index (χ0) is 21.0. The van der Waals surface area contributed by atoms with Gasteiger partial charge in [-0.25, -0.2) is 4.98 Å². The fourth-order valence-corrected chi connectivity index (χ4v) is 3.59. The number of carbonyl (C=O) groups is 1. The number of ether oxygens (including phenoxy) is 2. The van der Waals surface area contributed by atoms with Crippen LogP contribution in [0.25, 0.3) is 0 Å². The lowest BCUT2D eigenvalue weighted by Crippen LogP contribution is -2.23. The number of benzene rings is 2. The van der Waals surface area contributed by atoms with Gasteiger partial charge in [0.15, 0.2) is 10.9 Å². The van der Waals surface area contributed by atoms with Crippen LogP contribution in [0.1, 0.15) is 18.2 Å². The summed E-state index contributed by atoms with van der Waals surface area (Å²) in [5.41, 5.74) is 1.88. The number of aryl methyl sites for hydroxylation is 1. The number of methoxy groups -OCH3 is 1. The van der Waals surface area contributed by atoms with Crippen LogP contribution in [0, 0.1) is 17.0 Å². The van der Waals surface area contributed by atoms with E-state index in [1.165, 1.54) is 36.3 Å². The Bertz CT molecular complexity index is 1050. The second-order valence-corrected chi connectivity index (χ2v) is 7.00. The molecule has 29 heavy (non-hydrogen) atoms. The lowest BCUT2D eigenvalue weighted by molar-refractivity contribution is -0.386. The number of para-hydroxylation sites is 2. The minimum Gasteiger partial charge on any atom is -0.495 e. The molecule has 0 aliphatic carbocycles. The van der Waals surface area contributed by atoms with Crippen molar-refractivity contribution in [1.29, 1.82) is 0 Å². The largest absolute Gasteiger partial charge is 0.495 e. The lowest BCUT2D eigenvalue weighted by atomic mass is 10.2. The van der Waals surface area contributed by atoms with E-state index < -0.39 is 4.92 Å². The summed E-state index contributed by atoms with van der Waals surface area (Å²) in [5.74, 6) is 0.509. The Morgan fingerprint density at radius 3 is 2.69 bits per heavy atom. The molecule has 1 amide bonds. The van der Waals surface area contributed by atoms with E-state index in [2.05, 4.69) is 4.98 Å². The molecule has 1 heterocycles.